The average Bonchev–Trinajstić information content (AvgIpc) is 3.02. The normalized spacial score (nSPS) is 34.0. The molecule has 2 aliphatic rings. The van der Waals surface area contributed by atoms with E-state index in [0.717, 1.165) is 12.1 Å². The van der Waals surface area contributed by atoms with E-state index >= 15 is 0 Å². The second-order valence-electron chi connectivity index (χ2n) is 5.64. The molecular formula is C15H15F3O4. The highest BCUT2D eigenvalue weighted by Gasteiger charge is 2.57. The predicted molar refractivity (Wildman–Crippen MR) is 69.0 cm³/mol. The summed E-state index contributed by atoms with van der Waals surface area (Å²) in [6, 6.07) is 4.80. The van der Waals surface area contributed by atoms with Gasteiger partial charge in [-0.15, -0.1) is 0 Å². The SMILES string of the molecule is COC(=O)[C@@H]1[C@@H](c2cccc(C(F)(F)F)c2)[C@H]2O[C@@H]1C[C@@H]2O. The highest BCUT2D eigenvalue weighted by Crippen LogP contribution is 2.49. The number of halogens is 3. The van der Waals surface area contributed by atoms with Crippen LogP contribution in [0.4, 0.5) is 13.2 Å². The Labute approximate surface area is 124 Å². The summed E-state index contributed by atoms with van der Waals surface area (Å²) in [5.74, 6) is -1.85. The predicted octanol–water partition coefficient (Wildman–Crippen LogP) is 2.11. The summed E-state index contributed by atoms with van der Waals surface area (Å²) in [6.45, 7) is 0. The second-order valence-corrected chi connectivity index (χ2v) is 5.64. The van der Waals surface area contributed by atoms with E-state index in [0.29, 0.717) is 12.0 Å². The van der Waals surface area contributed by atoms with Gasteiger partial charge < -0.3 is 14.6 Å². The lowest BCUT2D eigenvalue weighted by molar-refractivity contribution is -0.147. The molecule has 22 heavy (non-hydrogen) atoms. The van der Waals surface area contributed by atoms with Crippen molar-refractivity contribution in [2.45, 2.75) is 36.8 Å². The molecule has 0 amide bonds. The highest BCUT2D eigenvalue weighted by atomic mass is 19.4. The number of hydrogen-bond acceptors (Lipinski definition) is 4. The van der Waals surface area contributed by atoms with Crippen LogP contribution in [0.15, 0.2) is 24.3 Å². The Balaban J connectivity index is 1.99. The van der Waals surface area contributed by atoms with Crippen molar-refractivity contribution in [3.05, 3.63) is 35.4 Å². The minimum absolute atomic E-state index is 0.292. The minimum Gasteiger partial charge on any atom is -0.469 e. The molecule has 0 saturated carbocycles. The number of aliphatic hydroxyl groups is 1. The van der Waals surface area contributed by atoms with Crippen LogP contribution in [0.5, 0.6) is 0 Å². The van der Waals surface area contributed by atoms with E-state index in [9.17, 15) is 23.1 Å². The van der Waals surface area contributed by atoms with E-state index in [-0.39, 0.29) is 0 Å². The number of carbonyl (C=O) groups excluding carboxylic acids is 1. The molecule has 1 N–H and O–H groups in total. The summed E-state index contributed by atoms with van der Waals surface area (Å²) < 4.78 is 48.9. The Morgan fingerprint density at radius 3 is 2.77 bits per heavy atom. The molecule has 1 aromatic carbocycles. The third kappa shape index (κ3) is 2.38. The number of benzene rings is 1. The molecule has 2 heterocycles. The lowest BCUT2D eigenvalue weighted by Gasteiger charge is -2.29. The zero-order valence-corrected chi connectivity index (χ0v) is 11.7. The first kappa shape index (κ1) is 15.3. The zero-order valence-electron chi connectivity index (χ0n) is 11.7. The molecule has 5 atom stereocenters. The number of alkyl halides is 3. The van der Waals surface area contributed by atoms with Gasteiger partial charge in [0.1, 0.15) is 0 Å². The van der Waals surface area contributed by atoms with Gasteiger partial charge in [-0.05, 0) is 11.6 Å². The van der Waals surface area contributed by atoms with Gasteiger partial charge in [0, 0.05) is 12.3 Å². The summed E-state index contributed by atoms with van der Waals surface area (Å²) in [6.07, 6.45) is -6.16. The third-order valence-electron chi connectivity index (χ3n) is 4.40. The fourth-order valence-corrected chi connectivity index (χ4v) is 3.46. The number of ether oxygens (including phenoxy) is 2. The molecule has 0 aromatic heterocycles. The first-order chi connectivity index (χ1) is 10.3. The van der Waals surface area contributed by atoms with Crippen LogP contribution in [0, 0.1) is 5.92 Å². The highest BCUT2D eigenvalue weighted by molar-refractivity contribution is 5.75. The number of esters is 1. The standard InChI is InChI=1S/C15H15F3O4/c1-21-14(20)12-10-6-9(19)13(22-10)11(12)7-3-2-4-8(5-7)15(16,17)18/h2-5,9-13,19H,6H2,1H3/t9-,10+,11+,12-,13-/m0/s1. The molecule has 0 unspecified atom stereocenters. The van der Waals surface area contributed by atoms with Crippen LogP contribution in [0.25, 0.3) is 0 Å². The molecule has 2 bridgehead atoms. The number of hydrogen-bond donors (Lipinski definition) is 1. The van der Waals surface area contributed by atoms with E-state index in [1.165, 1.54) is 19.2 Å². The van der Waals surface area contributed by atoms with Gasteiger partial charge in [0.2, 0.25) is 0 Å². The Bertz CT molecular complexity index is 586. The van der Waals surface area contributed by atoms with E-state index in [1.54, 1.807) is 0 Å². The maximum Gasteiger partial charge on any atom is 0.416 e. The van der Waals surface area contributed by atoms with Crippen molar-refractivity contribution in [3.8, 4) is 0 Å². The van der Waals surface area contributed by atoms with Crippen molar-refractivity contribution >= 4 is 5.97 Å². The van der Waals surface area contributed by atoms with Gasteiger partial charge in [0.15, 0.2) is 0 Å². The molecule has 3 rings (SSSR count). The number of rotatable bonds is 2. The molecule has 0 aliphatic carbocycles. The van der Waals surface area contributed by atoms with Crippen LogP contribution < -0.4 is 0 Å². The molecule has 2 saturated heterocycles. The van der Waals surface area contributed by atoms with Crippen molar-refractivity contribution in [3.63, 3.8) is 0 Å². The maximum absolute atomic E-state index is 12.9. The summed E-state index contributed by atoms with van der Waals surface area (Å²) in [5, 5.41) is 9.95. The fourth-order valence-electron chi connectivity index (χ4n) is 3.46. The van der Waals surface area contributed by atoms with Crippen molar-refractivity contribution in [2.24, 2.45) is 5.92 Å². The minimum atomic E-state index is -4.46. The molecule has 0 spiro atoms. The van der Waals surface area contributed by atoms with E-state index in [4.69, 9.17) is 9.47 Å². The molecule has 7 heteroatoms. The van der Waals surface area contributed by atoms with E-state index in [1.807, 2.05) is 0 Å². The maximum atomic E-state index is 12.9. The first-order valence-electron chi connectivity index (χ1n) is 6.91. The molecule has 4 nitrogen and oxygen atoms in total. The number of carbonyl (C=O) groups is 1. The van der Waals surface area contributed by atoms with Gasteiger partial charge in [0.05, 0.1) is 36.9 Å². The largest absolute Gasteiger partial charge is 0.469 e. The topological polar surface area (TPSA) is 55.8 Å². The third-order valence-corrected chi connectivity index (χ3v) is 4.40. The summed E-state index contributed by atoms with van der Waals surface area (Å²) in [5.41, 5.74) is -0.456. The van der Waals surface area contributed by atoms with E-state index in [2.05, 4.69) is 0 Å². The Morgan fingerprint density at radius 1 is 1.41 bits per heavy atom. The van der Waals surface area contributed by atoms with Gasteiger partial charge in [-0.1, -0.05) is 18.2 Å². The van der Waals surface area contributed by atoms with Crippen LogP contribution >= 0.6 is 0 Å². The smallest absolute Gasteiger partial charge is 0.416 e. The van der Waals surface area contributed by atoms with Crippen LogP contribution in [0.3, 0.4) is 0 Å². The number of methoxy groups -OCH3 is 1. The fraction of sp³-hybridized carbons (Fsp3) is 0.533. The lowest BCUT2D eigenvalue weighted by atomic mass is 9.74. The van der Waals surface area contributed by atoms with Gasteiger partial charge in [0.25, 0.3) is 0 Å². The van der Waals surface area contributed by atoms with Crippen LogP contribution in [0.1, 0.15) is 23.5 Å². The van der Waals surface area contributed by atoms with Crippen molar-refractivity contribution in [1.29, 1.82) is 0 Å². The summed E-state index contributed by atoms with van der Waals surface area (Å²) in [4.78, 5) is 12.0. The number of aliphatic hydroxyl groups excluding tert-OH is 1. The molecule has 1 aromatic rings. The molecule has 120 valence electrons. The van der Waals surface area contributed by atoms with Crippen molar-refractivity contribution in [2.75, 3.05) is 7.11 Å². The number of fused-ring (bicyclic) bond motifs is 2. The van der Waals surface area contributed by atoms with Crippen LogP contribution in [-0.4, -0.2) is 36.5 Å². The Kier molecular flexibility index (Phi) is 3.65. The molecule has 0 radical (unpaired) electrons. The van der Waals surface area contributed by atoms with Crippen molar-refractivity contribution in [1.82, 2.24) is 0 Å². The molecule has 2 fully saturated rings. The summed E-state index contributed by atoms with van der Waals surface area (Å²) in [7, 11) is 1.23. The Morgan fingerprint density at radius 2 is 2.14 bits per heavy atom. The van der Waals surface area contributed by atoms with Gasteiger partial charge >= 0.3 is 12.1 Å². The second kappa shape index (κ2) is 5.24. The average molecular weight is 316 g/mol. The molecular weight excluding hydrogens is 301 g/mol. The molecule has 2 aliphatic heterocycles. The quantitative estimate of drug-likeness (QED) is 0.849. The Hall–Kier alpha value is -1.60. The van der Waals surface area contributed by atoms with Gasteiger partial charge in [-0.3, -0.25) is 4.79 Å². The first-order valence-corrected chi connectivity index (χ1v) is 6.91. The van der Waals surface area contributed by atoms with E-state index < -0.39 is 47.9 Å². The zero-order chi connectivity index (χ0) is 16.1. The monoisotopic (exact) mass is 316 g/mol. The van der Waals surface area contributed by atoms with Crippen LogP contribution in [0.2, 0.25) is 0 Å². The van der Waals surface area contributed by atoms with Crippen molar-refractivity contribution < 1.29 is 32.5 Å². The van der Waals surface area contributed by atoms with Gasteiger partial charge in [-0.25, -0.2) is 0 Å². The summed E-state index contributed by atoms with van der Waals surface area (Å²) >= 11 is 0. The van der Waals surface area contributed by atoms with Gasteiger partial charge in [-0.2, -0.15) is 13.2 Å². The van der Waals surface area contributed by atoms with Crippen LogP contribution in [-0.2, 0) is 20.4 Å². The lowest BCUT2D eigenvalue weighted by Crippen LogP contribution is -2.39.